The van der Waals surface area contributed by atoms with Crippen molar-refractivity contribution < 1.29 is 14.3 Å². The van der Waals surface area contributed by atoms with Crippen molar-refractivity contribution in [1.82, 2.24) is 0 Å². The highest BCUT2D eigenvalue weighted by Crippen LogP contribution is 2.17. The van der Waals surface area contributed by atoms with E-state index in [4.69, 9.17) is 4.74 Å². The van der Waals surface area contributed by atoms with Crippen molar-refractivity contribution >= 4 is 28.9 Å². The van der Waals surface area contributed by atoms with Gasteiger partial charge in [-0.15, -0.1) is 0 Å². The lowest BCUT2D eigenvalue weighted by Gasteiger charge is -2.11. The lowest BCUT2D eigenvalue weighted by Crippen LogP contribution is -2.21. The number of nitrogens with one attached hydrogen (secondary N) is 3. The number of amides is 2. The first-order valence-corrected chi connectivity index (χ1v) is 10.8. The highest BCUT2D eigenvalue weighted by atomic mass is 16.5. The Morgan fingerprint density at radius 1 is 0.781 bits per heavy atom. The Kier molecular flexibility index (Phi) is 8.69. The fourth-order valence-electron chi connectivity index (χ4n) is 3.09. The molecule has 0 bridgehead atoms. The molecule has 3 aromatic carbocycles. The van der Waals surface area contributed by atoms with Crippen molar-refractivity contribution in [1.29, 1.82) is 0 Å². The zero-order chi connectivity index (χ0) is 22.6. The second kappa shape index (κ2) is 12.2. The molecule has 0 spiro atoms. The zero-order valence-electron chi connectivity index (χ0n) is 18.3. The van der Waals surface area contributed by atoms with Crippen LogP contribution in [0.1, 0.15) is 25.3 Å². The van der Waals surface area contributed by atoms with E-state index < -0.39 is 0 Å². The molecule has 0 aromatic heterocycles. The molecule has 0 unspecified atom stereocenters. The lowest BCUT2D eigenvalue weighted by atomic mass is 10.1. The number of carbonyl (C=O) groups excluding carboxylic acids is 2. The van der Waals surface area contributed by atoms with Crippen molar-refractivity contribution in [3.05, 3.63) is 84.4 Å². The van der Waals surface area contributed by atoms with Gasteiger partial charge in [0.2, 0.25) is 11.8 Å². The molecule has 3 aromatic rings. The average Bonchev–Trinajstić information content (AvgIpc) is 2.82. The second-order valence-corrected chi connectivity index (χ2v) is 7.35. The predicted octanol–water partition coefficient (Wildman–Crippen LogP) is 5.10. The van der Waals surface area contributed by atoms with Gasteiger partial charge in [0.25, 0.3) is 0 Å². The number of hydrogen-bond acceptors (Lipinski definition) is 4. The molecule has 32 heavy (non-hydrogen) atoms. The van der Waals surface area contributed by atoms with Crippen LogP contribution in [0.3, 0.4) is 0 Å². The number of rotatable bonds is 11. The van der Waals surface area contributed by atoms with Gasteiger partial charge in [-0.1, -0.05) is 43.3 Å². The van der Waals surface area contributed by atoms with Crippen LogP contribution in [0.25, 0.3) is 0 Å². The summed E-state index contributed by atoms with van der Waals surface area (Å²) in [6.45, 7) is 2.57. The summed E-state index contributed by atoms with van der Waals surface area (Å²) < 4.78 is 5.80. The van der Waals surface area contributed by atoms with Gasteiger partial charge in [-0.3, -0.25) is 9.59 Å². The summed E-state index contributed by atoms with van der Waals surface area (Å²) in [5.74, 6) is 0.558. The molecule has 3 N–H and O–H groups in total. The highest BCUT2D eigenvalue weighted by Gasteiger charge is 2.05. The van der Waals surface area contributed by atoms with E-state index in [1.807, 2.05) is 42.5 Å². The van der Waals surface area contributed by atoms with Crippen molar-refractivity contribution in [2.45, 2.75) is 26.2 Å². The molecule has 0 aliphatic rings. The van der Waals surface area contributed by atoms with Gasteiger partial charge in [-0.25, -0.2) is 0 Å². The van der Waals surface area contributed by atoms with Crippen molar-refractivity contribution in [2.75, 3.05) is 29.1 Å². The predicted molar refractivity (Wildman–Crippen MR) is 129 cm³/mol. The minimum absolute atomic E-state index is 0.0706. The molecule has 0 saturated heterocycles. The number of hydrogen-bond donors (Lipinski definition) is 3. The first kappa shape index (κ1) is 22.9. The third kappa shape index (κ3) is 7.80. The molecule has 6 heteroatoms. The van der Waals surface area contributed by atoms with Crippen molar-refractivity contribution in [3.63, 3.8) is 0 Å². The average molecular weight is 432 g/mol. The number of ether oxygens (including phenoxy) is 1. The van der Waals surface area contributed by atoms with E-state index in [0.717, 1.165) is 24.3 Å². The summed E-state index contributed by atoms with van der Waals surface area (Å²) in [7, 11) is 0. The molecule has 2 amide bonds. The zero-order valence-corrected chi connectivity index (χ0v) is 18.3. The smallest absolute Gasteiger partial charge is 0.243 e. The van der Waals surface area contributed by atoms with Gasteiger partial charge in [0.1, 0.15) is 5.75 Å². The molecule has 166 valence electrons. The SMILES string of the molecule is CCC(=O)Nc1cccc(NC(=O)CNc2ccc(OCCCc3ccccc3)cc2)c1. The molecule has 0 radical (unpaired) electrons. The van der Waals surface area contributed by atoms with E-state index in [9.17, 15) is 9.59 Å². The normalized spacial score (nSPS) is 10.3. The van der Waals surface area contributed by atoms with Gasteiger partial charge in [0.05, 0.1) is 13.2 Å². The number of benzene rings is 3. The Balaban J connectivity index is 1.38. The molecule has 0 aliphatic carbocycles. The van der Waals surface area contributed by atoms with Crippen molar-refractivity contribution in [2.24, 2.45) is 0 Å². The summed E-state index contributed by atoms with van der Waals surface area (Å²) in [5, 5.41) is 8.70. The minimum atomic E-state index is -0.176. The van der Waals surface area contributed by atoms with Crippen LogP contribution >= 0.6 is 0 Å². The van der Waals surface area contributed by atoms with E-state index in [1.165, 1.54) is 5.56 Å². The molecular weight excluding hydrogens is 402 g/mol. The first-order chi connectivity index (χ1) is 15.6. The van der Waals surface area contributed by atoms with Gasteiger partial charge < -0.3 is 20.7 Å². The maximum Gasteiger partial charge on any atom is 0.243 e. The van der Waals surface area contributed by atoms with E-state index in [2.05, 4.69) is 28.1 Å². The van der Waals surface area contributed by atoms with E-state index in [0.29, 0.717) is 24.4 Å². The molecule has 6 nitrogen and oxygen atoms in total. The second-order valence-electron chi connectivity index (χ2n) is 7.35. The number of carbonyl (C=O) groups is 2. The summed E-state index contributed by atoms with van der Waals surface area (Å²) >= 11 is 0. The van der Waals surface area contributed by atoms with Crippen molar-refractivity contribution in [3.8, 4) is 5.75 Å². The highest BCUT2D eigenvalue weighted by molar-refractivity contribution is 5.95. The third-order valence-electron chi connectivity index (χ3n) is 4.78. The maximum atomic E-state index is 12.2. The Hall–Kier alpha value is -3.80. The third-order valence-corrected chi connectivity index (χ3v) is 4.78. The van der Waals surface area contributed by atoms with Gasteiger partial charge in [0.15, 0.2) is 0 Å². The molecule has 3 rings (SSSR count). The van der Waals surface area contributed by atoms with Gasteiger partial charge in [-0.05, 0) is 60.9 Å². The first-order valence-electron chi connectivity index (χ1n) is 10.8. The number of aryl methyl sites for hydroxylation is 1. The molecule has 0 heterocycles. The summed E-state index contributed by atoms with van der Waals surface area (Å²) in [5.41, 5.74) is 3.43. The molecule has 0 atom stereocenters. The summed E-state index contributed by atoms with van der Waals surface area (Å²) in [6.07, 6.45) is 2.34. The van der Waals surface area contributed by atoms with Gasteiger partial charge in [0, 0.05) is 23.5 Å². The Labute approximate surface area is 189 Å². The lowest BCUT2D eigenvalue weighted by molar-refractivity contribution is -0.116. The quantitative estimate of drug-likeness (QED) is 0.369. The standard InChI is InChI=1S/C26H29N3O3/c1-2-25(30)28-22-11-6-12-23(18-22)29-26(31)19-27-21-13-15-24(16-14-21)32-17-7-10-20-8-4-3-5-9-20/h3-6,8-9,11-16,18,27H,2,7,10,17,19H2,1H3,(H,28,30)(H,29,31). The van der Waals surface area contributed by atoms with Crippen LogP contribution in [0.2, 0.25) is 0 Å². The monoisotopic (exact) mass is 431 g/mol. The molecule has 0 saturated carbocycles. The fraction of sp³-hybridized carbons (Fsp3) is 0.231. The Morgan fingerprint density at radius 3 is 2.16 bits per heavy atom. The van der Waals surface area contributed by atoms with Gasteiger partial charge in [-0.2, -0.15) is 0 Å². The molecular formula is C26H29N3O3. The topological polar surface area (TPSA) is 79.5 Å². The Morgan fingerprint density at radius 2 is 1.47 bits per heavy atom. The van der Waals surface area contributed by atoms with E-state index in [1.54, 1.807) is 31.2 Å². The molecule has 0 aliphatic heterocycles. The van der Waals surface area contributed by atoms with Crippen LogP contribution in [0.15, 0.2) is 78.9 Å². The van der Waals surface area contributed by atoms with Crippen LogP contribution < -0.4 is 20.7 Å². The maximum absolute atomic E-state index is 12.2. The summed E-state index contributed by atoms with van der Waals surface area (Å²) in [6, 6.07) is 25.0. The summed E-state index contributed by atoms with van der Waals surface area (Å²) in [4.78, 5) is 23.8. The van der Waals surface area contributed by atoms with Crippen LogP contribution in [-0.4, -0.2) is 25.0 Å². The van der Waals surface area contributed by atoms with Crippen LogP contribution in [0.5, 0.6) is 5.75 Å². The molecule has 0 fully saturated rings. The number of anilines is 3. The van der Waals surface area contributed by atoms with Crippen LogP contribution in [0, 0.1) is 0 Å². The van der Waals surface area contributed by atoms with Gasteiger partial charge >= 0.3 is 0 Å². The Bertz CT molecular complexity index is 1000. The largest absolute Gasteiger partial charge is 0.494 e. The van der Waals surface area contributed by atoms with E-state index in [-0.39, 0.29) is 18.4 Å². The van der Waals surface area contributed by atoms with Crippen LogP contribution in [0.4, 0.5) is 17.1 Å². The minimum Gasteiger partial charge on any atom is -0.494 e. The van der Waals surface area contributed by atoms with E-state index >= 15 is 0 Å². The van der Waals surface area contributed by atoms with Crippen LogP contribution in [-0.2, 0) is 16.0 Å². The fourth-order valence-corrected chi connectivity index (χ4v) is 3.09.